The molecular weight excluding hydrogens is 212 g/mol. The van der Waals surface area contributed by atoms with Crippen molar-refractivity contribution in [3.63, 3.8) is 0 Å². The van der Waals surface area contributed by atoms with E-state index in [9.17, 15) is 0 Å². The monoisotopic (exact) mass is 220 g/mol. The molecule has 2 aromatic heterocycles. The van der Waals surface area contributed by atoms with E-state index in [2.05, 4.69) is 20.3 Å². The molecule has 0 unspecified atom stereocenters. The lowest BCUT2D eigenvalue weighted by Crippen LogP contribution is -2.00. The number of hydrogen-bond donors (Lipinski definition) is 1. The quantitative estimate of drug-likeness (QED) is 0.806. The van der Waals surface area contributed by atoms with Crippen LogP contribution in [0, 0.1) is 0 Å². The van der Waals surface area contributed by atoms with Crippen molar-refractivity contribution < 1.29 is 0 Å². The molecule has 0 atom stereocenters. The van der Waals surface area contributed by atoms with Crippen LogP contribution < -0.4 is 5.32 Å². The van der Waals surface area contributed by atoms with E-state index in [1.807, 2.05) is 6.07 Å². The Hall–Kier alpha value is -1.68. The molecule has 76 valence electrons. The van der Waals surface area contributed by atoms with Crippen LogP contribution in [0.3, 0.4) is 0 Å². The van der Waals surface area contributed by atoms with Gasteiger partial charge in [0, 0.05) is 36.4 Å². The van der Waals surface area contributed by atoms with Crippen molar-refractivity contribution in [2.45, 2.75) is 6.54 Å². The standard InChI is InChI=1S/C10H9ClN4/c11-10-3-9(1-2-14-10)15-6-8-4-12-7-13-5-8/h1-5,7H,6H2,(H,14,15). The highest BCUT2D eigenvalue weighted by Gasteiger charge is 1.95. The largest absolute Gasteiger partial charge is 0.381 e. The van der Waals surface area contributed by atoms with Crippen molar-refractivity contribution in [3.05, 3.63) is 47.8 Å². The van der Waals surface area contributed by atoms with E-state index in [0.29, 0.717) is 11.7 Å². The lowest BCUT2D eigenvalue weighted by molar-refractivity contribution is 1.05. The maximum atomic E-state index is 5.75. The van der Waals surface area contributed by atoms with E-state index in [1.54, 1.807) is 24.7 Å². The number of pyridine rings is 1. The molecule has 2 aromatic rings. The average Bonchev–Trinajstić information content (AvgIpc) is 2.28. The van der Waals surface area contributed by atoms with Crippen LogP contribution in [0.4, 0.5) is 5.69 Å². The smallest absolute Gasteiger partial charge is 0.131 e. The summed E-state index contributed by atoms with van der Waals surface area (Å²) >= 11 is 5.75. The van der Waals surface area contributed by atoms with Crippen LogP contribution in [-0.2, 0) is 6.54 Å². The summed E-state index contributed by atoms with van der Waals surface area (Å²) < 4.78 is 0. The van der Waals surface area contributed by atoms with Gasteiger partial charge in [-0.15, -0.1) is 0 Å². The summed E-state index contributed by atoms with van der Waals surface area (Å²) in [5, 5.41) is 3.67. The first-order valence-electron chi connectivity index (χ1n) is 4.44. The normalized spacial score (nSPS) is 9.93. The van der Waals surface area contributed by atoms with Gasteiger partial charge in [-0.1, -0.05) is 11.6 Å². The summed E-state index contributed by atoms with van der Waals surface area (Å²) in [5.74, 6) is 0. The van der Waals surface area contributed by atoms with Gasteiger partial charge in [0.2, 0.25) is 0 Å². The highest BCUT2D eigenvalue weighted by atomic mass is 35.5. The highest BCUT2D eigenvalue weighted by Crippen LogP contribution is 2.12. The second-order valence-electron chi connectivity index (χ2n) is 2.97. The second kappa shape index (κ2) is 4.70. The van der Waals surface area contributed by atoms with Gasteiger partial charge in [0.05, 0.1) is 0 Å². The van der Waals surface area contributed by atoms with Gasteiger partial charge in [0.1, 0.15) is 11.5 Å². The van der Waals surface area contributed by atoms with Crippen LogP contribution in [0.5, 0.6) is 0 Å². The Balaban J connectivity index is 1.99. The molecule has 2 heterocycles. The van der Waals surface area contributed by atoms with Crippen LogP contribution >= 0.6 is 11.6 Å². The molecule has 1 N–H and O–H groups in total. The first kappa shape index (κ1) is 9.86. The minimum absolute atomic E-state index is 0.476. The number of anilines is 1. The molecule has 0 aliphatic rings. The summed E-state index contributed by atoms with van der Waals surface area (Å²) in [6, 6.07) is 3.63. The molecule has 0 fully saturated rings. The predicted octanol–water partition coefficient (Wildman–Crippen LogP) is 2.14. The van der Waals surface area contributed by atoms with Gasteiger partial charge in [-0.2, -0.15) is 0 Å². The summed E-state index contributed by atoms with van der Waals surface area (Å²) in [5.41, 5.74) is 1.95. The Morgan fingerprint density at radius 2 is 2.07 bits per heavy atom. The molecule has 0 saturated carbocycles. The number of nitrogens with zero attached hydrogens (tertiary/aromatic N) is 3. The number of hydrogen-bond acceptors (Lipinski definition) is 4. The number of aromatic nitrogens is 3. The van der Waals surface area contributed by atoms with Gasteiger partial charge >= 0.3 is 0 Å². The maximum absolute atomic E-state index is 5.75. The Labute approximate surface area is 92.4 Å². The Bertz CT molecular complexity index is 432. The van der Waals surface area contributed by atoms with Crippen LogP contribution in [0.15, 0.2) is 37.1 Å². The number of halogens is 1. The van der Waals surface area contributed by atoms with Crippen LogP contribution in [0.2, 0.25) is 5.15 Å². The van der Waals surface area contributed by atoms with Crippen molar-refractivity contribution in [1.29, 1.82) is 0 Å². The van der Waals surface area contributed by atoms with Gasteiger partial charge < -0.3 is 5.32 Å². The average molecular weight is 221 g/mol. The summed E-state index contributed by atoms with van der Waals surface area (Å²) in [6.07, 6.45) is 6.70. The first-order valence-corrected chi connectivity index (χ1v) is 4.82. The van der Waals surface area contributed by atoms with Crippen molar-refractivity contribution in [2.75, 3.05) is 5.32 Å². The lowest BCUT2D eigenvalue weighted by atomic mass is 10.3. The number of rotatable bonds is 3. The lowest BCUT2D eigenvalue weighted by Gasteiger charge is -2.05. The summed E-state index contributed by atoms with van der Waals surface area (Å²) in [6.45, 7) is 0.668. The predicted molar refractivity (Wildman–Crippen MR) is 58.6 cm³/mol. The molecule has 0 amide bonds. The van der Waals surface area contributed by atoms with Crippen molar-refractivity contribution >= 4 is 17.3 Å². The van der Waals surface area contributed by atoms with E-state index < -0.39 is 0 Å². The zero-order chi connectivity index (χ0) is 10.5. The third kappa shape index (κ3) is 2.89. The van der Waals surface area contributed by atoms with Gasteiger partial charge in [0.25, 0.3) is 0 Å². The van der Waals surface area contributed by atoms with Gasteiger partial charge in [-0.25, -0.2) is 15.0 Å². The van der Waals surface area contributed by atoms with E-state index in [1.165, 1.54) is 6.33 Å². The zero-order valence-electron chi connectivity index (χ0n) is 7.89. The molecule has 2 rings (SSSR count). The molecule has 0 aliphatic heterocycles. The highest BCUT2D eigenvalue weighted by molar-refractivity contribution is 6.29. The topological polar surface area (TPSA) is 50.7 Å². The van der Waals surface area contributed by atoms with E-state index in [4.69, 9.17) is 11.6 Å². The third-order valence-corrected chi connectivity index (χ3v) is 2.04. The molecule has 0 aliphatic carbocycles. The minimum atomic E-state index is 0.476. The molecule has 5 heteroatoms. The Morgan fingerprint density at radius 3 is 2.80 bits per heavy atom. The molecule has 0 radical (unpaired) electrons. The Morgan fingerprint density at radius 1 is 1.27 bits per heavy atom. The van der Waals surface area contributed by atoms with E-state index >= 15 is 0 Å². The van der Waals surface area contributed by atoms with Gasteiger partial charge in [-0.3, -0.25) is 0 Å². The molecule has 0 aromatic carbocycles. The fourth-order valence-corrected chi connectivity index (χ4v) is 1.31. The molecule has 0 saturated heterocycles. The molecule has 0 bridgehead atoms. The SMILES string of the molecule is Clc1cc(NCc2cncnc2)ccn1. The molecular formula is C10H9ClN4. The van der Waals surface area contributed by atoms with Crippen LogP contribution in [0.25, 0.3) is 0 Å². The second-order valence-corrected chi connectivity index (χ2v) is 3.35. The molecule has 0 spiro atoms. The van der Waals surface area contributed by atoms with Crippen molar-refractivity contribution in [2.24, 2.45) is 0 Å². The minimum Gasteiger partial charge on any atom is -0.381 e. The summed E-state index contributed by atoms with van der Waals surface area (Å²) in [7, 11) is 0. The zero-order valence-corrected chi connectivity index (χ0v) is 8.65. The van der Waals surface area contributed by atoms with Gasteiger partial charge in [0.15, 0.2) is 0 Å². The van der Waals surface area contributed by atoms with Crippen LogP contribution in [-0.4, -0.2) is 15.0 Å². The Kier molecular flexibility index (Phi) is 3.09. The van der Waals surface area contributed by atoms with Crippen LogP contribution in [0.1, 0.15) is 5.56 Å². The maximum Gasteiger partial charge on any atom is 0.131 e. The first-order chi connectivity index (χ1) is 7.34. The third-order valence-electron chi connectivity index (χ3n) is 1.84. The fraction of sp³-hybridized carbons (Fsp3) is 0.100. The molecule has 4 nitrogen and oxygen atoms in total. The van der Waals surface area contributed by atoms with Crippen molar-refractivity contribution in [1.82, 2.24) is 15.0 Å². The van der Waals surface area contributed by atoms with E-state index in [-0.39, 0.29) is 0 Å². The summed E-state index contributed by atoms with van der Waals surface area (Å²) in [4.78, 5) is 11.7. The van der Waals surface area contributed by atoms with Gasteiger partial charge in [-0.05, 0) is 12.1 Å². The fourth-order valence-electron chi connectivity index (χ4n) is 1.14. The number of nitrogens with one attached hydrogen (secondary N) is 1. The molecule has 15 heavy (non-hydrogen) atoms. The van der Waals surface area contributed by atoms with Crippen molar-refractivity contribution in [3.8, 4) is 0 Å². The van der Waals surface area contributed by atoms with E-state index in [0.717, 1.165) is 11.3 Å².